The molecule has 2 fully saturated rings. The smallest absolute Gasteiger partial charge is 0.0459 e. The van der Waals surface area contributed by atoms with Crippen molar-refractivity contribution in [2.24, 2.45) is 11.3 Å². The van der Waals surface area contributed by atoms with Crippen molar-refractivity contribution >= 4 is 12.4 Å². The Morgan fingerprint density at radius 3 is 2.38 bits per heavy atom. The van der Waals surface area contributed by atoms with E-state index >= 15 is 0 Å². The van der Waals surface area contributed by atoms with Gasteiger partial charge in [0.2, 0.25) is 0 Å². The van der Waals surface area contributed by atoms with Crippen LogP contribution in [0.1, 0.15) is 32.1 Å². The van der Waals surface area contributed by atoms with Crippen LogP contribution in [-0.2, 0) is 0 Å². The van der Waals surface area contributed by atoms with Crippen molar-refractivity contribution < 1.29 is 5.11 Å². The second kappa shape index (κ2) is 4.63. The molecule has 0 aromatic rings. The van der Waals surface area contributed by atoms with Gasteiger partial charge in [0.15, 0.2) is 0 Å². The molecule has 0 radical (unpaired) electrons. The van der Waals surface area contributed by atoms with Gasteiger partial charge in [-0.3, -0.25) is 0 Å². The molecule has 1 heterocycles. The minimum absolute atomic E-state index is 0. The highest BCUT2D eigenvalue weighted by molar-refractivity contribution is 5.85. The maximum absolute atomic E-state index is 9.01. The van der Waals surface area contributed by atoms with E-state index in [1.165, 1.54) is 45.2 Å². The van der Waals surface area contributed by atoms with E-state index in [-0.39, 0.29) is 12.4 Å². The first-order valence-corrected chi connectivity index (χ1v) is 5.16. The lowest BCUT2D eigenvalue weighted by Crippen LogP contribution is -2.30. The molecule has 78 valence electrons. The monoisotopic (exact) mass is 205 g/mol. The Morgan fingerprint density at radius 2 is 1.92 bits per heavy atom. The molecule has 3 heteroatoms. The third-order valence-electron chi connectivity index (χ3n) is 3.76. The number of nitrogens with one attached hydrogen (secondary N) is 1. The number of aliphatic hydroxyl groups is 1. The third kappa shape index (κ3) is 2.36. The summed E-state index contributed by atoms with van der Waals surface area (Å²) in [5, 5.41) is 12.5. The number of halogens is 1. The van der Waals surface area contributed by atoms with E-state index in [4.69, 9.17) is 5.11 Å². The topological polar surface area (TPSA) is 32.3 Å². The van der Waals surface area contributed by atoms with Gasteiger partial charge in [0, 0.05) is 13.2 Å². The summed E-state index contributed by atoms with van der Waals surface area (Å²) in [6.07, 6.45) is 6.54. The largest absolute Gasteiger partial charge is 0.396 e. The molecule has 1 spiro atoms. The van der Waals surface area contributed by atoms with E-state index < -0.39 is 0 Å². The quantitative estimate of drug-likeness (QED) is 0.681. The molecule has 1 aliphatic heterocycles. The SMILES string of the molecule is Cl.OCC1CCC2(CCNC2)CC1. The Bertz CT molecular complexity index is 147. The number of rotatable bonds is 1. The van der Waals surface area contributed by atoms with Crippen LogP contribution in [-0.4, -0.2) is 24.8 Å². The minimum atomic E-state index is 0. The van der Waals surface area contributed by atoms with Crippen molar-refractivity contribution in [3.63, 3.8) is 0 Å². The molecule has 1 saturated carbocycles. The summed E-state index contributed by atoms with van der Waals surface area (Å²) in [4.78, 5) is 0. The third-order valence-corrected chi connectivity index (χ3v) is 3.76. The van der Waals surface area contributed by atoms with Crippen molar-refractivity contribution in [1.82, 2.24) is 5.32 Å². The highest BCUT2D eigenvalue weighted by atomic mass is 35.5. The normalized spacial score (nSPS) is 39.0. The van der Waals surface area contributed by atoms with Crippen LogP contribution in [0.15, 0.2) is 0 Å². The van der Waals surface area contributed by atoms with Crippen molar-refractivity contribution in [3.05, 3.63) is 0 Å². The number of hydrogen-bond acceptors (Lipinski definition) is 2. The van der Waals surface area contributed by atoms with Gasteiger partial charge in [0.1, 0.15) is 0 Å². The van der Waals surface area contributed by atoms with Gasteiger partial charge in [-0.15, -0.1) is 12.4 Å². The van der Waals surface area contributed by atoms with Gasteiger partial charge in [0.05, 0.1) is 0 Å². The second-order valence-corrected chi connectivity index (χ2v) is 4.55. The molecule has 2 N–H and O–H groups in total. The van der Waals surface area contributed by atoms with Crippen LogP contribution in [0, 0.1) is 11.3 Å². The molecule has 1 saturated heterocycles. The predicted molar refractivity (Wildman–Crippen MR) is 56.2 cm³/mol. The van der Waals surface area contributed by atoms with E-state index in [0.717, 1.165) is 0 Å². The van der Waals surface area contributed by atoms with Crippen molar-refractivity contribution in [2.75, 3.05) is 19.7 Å². The molecule has 0 aromatic heterocycles. The van der Waals surface area contributed by atoms with Crippen molar-refractivity contribution in [2.45, 2.75) is 32.1 Å². The molecular formula is C10H20ClNO. The zero-order valence-electron chi connectivity index (χ0n) is 8.09. The second-order valence-electron chi connectivity index (χ2n) is 4.55. The number of hydrogen-bond donors (Lipinski definition) is 2. The summed E-state index contributed by atoms with van der Waals surface area (Å²) < 4.78 is 0. The van der Waals surface area contributed by atoms with Gasteiger partial charge in [-0.2, -0.15) is 0 Å². The zero-order valence-corrected chi connectivity index (χ0v) is 8.91. The Balaban J connectivity index is 0.000000845. The molecule has 0 bridgehead atoms. The van der Waals surface area contributed by atoms with Crippen LogP contribution in [0.4, 0.5) is 0 Å². The lowest BCUT2D eigenvalue weighted by molar-refractivity contribution is 0.121. The average molecular weight is 206 g/mol. The van der Waals surface area contributed by atoms with Crippen molar-refractivity contribution in [3.8, 4) is 0 Å². The maximum atomic E-state index is 9.01. The molecule has 2 aliphatic rings. The molecule has 0 amide bonds. The minimum Gasteiger partial charge on any atom is -0.396 e. The summed E-state index contributed by atoms with van der Waals surface area (Å²) in [6.45, 7) is 2.85. The molecule has 2 nitrogen and oxygen atoms in total. The standard InChI is InChI=1S/C10H19NO.ClH/c12-7-9-1-3-10(4-2-9)5-6-11-8-10;/h9,11-12H,1-8H2;1H. The number of aliphatic hydroxyl groups excluding tert-OH is 1. The summed E-state index contributed by atoms with van der Waals surface area (Å²) in [5.74, 6) is 0.608. The fraction of sp³-hybridized carbons (Fsp3) is 1.00. The Kier molecular flexibility index (Phi) is 4.02. The first-order valence-electron chi connectivity index (χ1n) is 5.16. The molecule has 13 heavy (non-hydrogen) atoms. The Hall–Kier alpha value is 0.210. The Morgan fingerprint density at radius 1 is 1.23 bits per heavy atom. The average Bonchev–Trinajstić information content (AvgIpc) is 2.55. The van der Waals surface area contributed by atoms with E-state index in [2.05, 4.69) is 5.32 Å². The van der Waals surface area contributed by atoms with E-state index in [1.807, 2.05) is 0 Å². The van der Waals surface area contributed by atoms with Crippen molar-refractivity contribution in [1.29, 1.82) is 0 Å². The van der Waals surface area contributed by atoms with Crippen LogP contribution in [0.3, 0.4) is 0 Å². The summed E-state index contributed by atoms with van der Waals surface area (Å²) >= 11 is 0. The maximum Gasteiger partial charge on any atom is 0.0459 e. The first kappa shape index (κ1) is 11.3. The highest BCUT2D eigenvalue weighted by Crippen LogP contribution is 2.42. The molecule has 2 rings (SSSR count). The lowest BCUT2D eigenvalue weighted by Gasteiger charge is -2.35. The zero-order chi connectivity index (χ0) is 8.44. The van der Waals surface area contributed by atoms with Crippen LogP contribution in [0.2, 0.25) is 0 Å². The molecule has 0 atom stereocenters. The predicted octanol–water partition coefficient (Wildman–Crippen LogP) is 1.57. The van der Waals surface area contributed by atoms with Gasteiger partial charge in [-0.05, 0) is 50.0 Å². The molecule has 0 unspecified atom stereocenters. The van der Waals surface area contributed by atoms with Gasteiger partial charge in [-0.25, -0.2) is 0 Å². The Labute approximate surface area is 86.5 Å². The van der Waals surface area contributed by atoms with E-state index in [0.29, 0.717) is 17.9 Å². The fourth-order valence-corrected chi connectivity index (χ4v) is 2.69. The van der Waals surface area contributed by atoms with Gasteiger partial charge >= 0.3 is 0 Å². The van der Waals surface area contributed by atoms with E-state index in [9.17, 15) is 0 Å². The summed E-state index contributed by atoms with van der Waals surface area (Å²) in [7, 11) is 0. The van der Waals surface area contributed by atoms with Crippen LogP contribution < -0.4 is 5.32 Å². The van der Waals surface area contributed by atoms with Gasteiger partial charge in [0.25, 0.3) is 0 Å². The van der Waals surface area contributed by atoms with Crippen LogP contribution >= 0.6 is 12.4 Å². The van der Waals surface area contributed by atoms with Gasteiger partial charge in [-0.1, -0.05) is 0 Å². The summed E-state index contributed by atoms with van der Waals surface area (Å²) in [5.41, 5.74) is 0.631. The molecular weight excluding hydrogens is 186 g/mol. The highest BCUT2D eigenvalue weighted by Gasteiger charge is 2.37. The molecule has 1 aliphatic carbocycles. The lowest BCUT2D eigenvalue weighted by atomic mass is 9.70. The first-order chi connectivity index (χ1) is 5.85. The molecule has 0 aromatic carbocycles. The van der Waals surface area contributed by atoms with E-state index in [1.54, 1.807) is 0 Å². The summed E-state index contributed by atoms with van der Waals surface area (Å²) in [6, 6.07) is 0. The van der Waals surface area contributed by atoms with Crippen LogP contribution in [0.5, 0.6) is 0 Å². The fourth-order valence-electron chi connectivity index (χ4n) is 2.69. The van der Waals surface area contributed by atoms with Gasteiger partial charge < -0.3 is 10.4 Å². The van der Waals surface area contributed by atoms with Crippen LogP contribution in [0.25, 0.3) is 0 Å².